The molecule has 1 aromatic carbocycles. The van der Waals surface area contributed by atoms with E-state index in [2.05, 4.69) is 15.8 Å². The van der Waals surface area contributed by atoms with Crippen LogP contribution in [0.3, 0.4) is 0 Å². The van der Waals surface area contributed by atoms with Gasteiger partial charge in [-0.3, -0.25) is 14.5 Å². The van der Waals surface area contributed by atoms with Gasteiger partial charge in [0.15, 0.2) is 11.5 Å². The Morgan fingerprint density at radius 3 is 2.37 bits per heavy atom. The molecule has 0 atom stereocenters. The highest BCUT2D eigenvalue weighted by atomic mass is 16.5. The van der Waals surface area contributed by atoms with E-state index in [4.69, 9.17) is 9.47 Å². The summed E-state index contributed by atoms with van der Waals surface area (Å²) in [4.78, 5) is 36.7. The molecule has 0 aliphatic carbocycles. The van der Waals surface area contributed by atoms with Crippen LogP contribution in [-0.2, 0) is 9.59 Å². The van der Waals surface area contributed by atoms with E-state index in [1.54, 1.807) is 13.8 Å². The molecule has 10 nitrogen and oxygen atoms in total. The lowest BCUT2D eigenvalue weighted by Gasteiger charge is -2.15. The number of nitrogens with one attached hydrogen (secondary N) is 2. The third kappa shape index (κ3) is 4.46. The van der Waals surface area contributed by atoms with Crippen LogP contribution < -0.4 is 20.2 Å². The summed E-state index contributed by atoms with van der Waals surface area (Å²) < 4.78 is 10.1. The Labute approximate surface area is 156 Å². The number of nitrogens with zero attached hydrogens (tertiary/aromatic N) is 2. The van der Waals surface area contributed by atoms with Crippen LogP contribution >= 0.6 is 0 Å². The Bertz CT molecular complexity index is 765. The number of hydrazone groups is 1. The second-order valence-electron chi connectivity index (χ2n) is 6.33. The van der Waals surface area contributed by atoms with Crippen molar-refractivity contribution < 1.29 is 29.0 Å². The van der Waals surface area contributed by atoms with Gasteiger partial charge in [-0.25, -0.2) is 10.2 Å². The molecular weight excluding hydrogens is 356 g/mol. The van der Waals surface area contributed by atoms with Gasteiger partial charge in [0.2, 0.25) is 11.7 Å². The summed E-state index contributed by atoms with van der Waals surface area (Å²) in [7, 11) is 2.79. The first kappa shape index (κ1) is 20.0. The van der Waals surface area contributed by atoms with Gasteiger partial charge < -0.3 is 19.9 Å². The summed E-state index contributed by atoms with van der Waals surface area (Å²) in [6, 6.07) is 2.51. The van der Waals surface area contributed by atoms with Crippen LogP contribution in [0.2, 0.25) is 0 Å². The standard InChI is InChI=1S/C17H22N4O6/c1-17(2)15(24)21(16(25)19-17)6-5-13(22)20-18-9-10-7-11(26-3)14(23)12(8-10)27-4/h7-9,23H,5-6H2,1-4H3,(H,19,25)(H,20,22)/b18-9+. The Morgan fingerprint density at radius 1 is 1.30 bits per heavy atom. The number of aromatic hydroxyl groups is 1. The average molecular weight is 378 g/mol. The smallest absolute Gasteiger partial charge is 0.325 e. The molecule has 27 heavy (non-hydrogen) atoms. The van der Waals surface area contributed by atoms with E-state index in [9.17, 15) is 19.5 Å². The van der Waals surface area contributed by atoms with Crippen molar-refractivity contribution in [1.29, 1.82) is 0 Å². The zero-order valence-corrected chi connectivity index (χ0v) is 15.5. The van der Waals surface area contributed by atoms with Gasteiger partial charge in [-0.15, -0.1) is 0 Å². The van der Waals surface area contributed by atoms with Gasteiger partial charge in [0.1, 0.15) is 5.54 Å². The Hall–Kier alpha value is -3.30. The van der Waals surface area contributed by atoms with E-state index in [1.807, 2.05) is 0 Å². The van der Waals surface area contributed by atoms with Gasteiger partial charge in [0.25, 0.3) is 5.91 Å². The molecule has 1 aliphatic heterocycles. The molecule has 146 valence electrons. The van der Waals surface area contributed by atoms with Crippen molar-refractivity contribution in [3.63, 3.8) is 0 Å². The van der Waals surface area contributed by atoms with Crippen LogP contribution in [0.25, 0.3) is 0 Å². The molecular formula is C17H22N4O6. The highest BCUT2D eigenvalue weighted by Gasteiger charge is 2.43. The fourth-order valence-corrected chi connectivity index (χ4v) is 2.46. The molecule has 1 aromatic rings. The number of carbonyl (C=O) groups is 3. The SMILES string of the molecule is COc1cc(/C=N/NC(=O)CCN2C(=O)NC(C)(C)C2=O)cc(OC)c1O. The van der Waals surface area contributed by atoms with Crippen molar-refractivity contribution in [2.75, 3.05) is 20.8 Å². The number of methoxy groups -OCH3 is 2. The van der Waals surface area contributed by atoms with Gasteiger partial charge in [0, 0.05) is 18.5 Å². The van der Waals surface area contributed by atoms with E-state index in [0.717, 1.165) is 4.90 Å². The van der Waals surface area contributed by atoms with Crippen molar-refractivity contribution >= 4 is 24.1 Å². The number of hydrogen-bond acceptors (Lipinski definition) is 7. The third-order valence-electron chi connectivity index (χ3n) is 3.91. The Balaban J connectivity index is 1.92. The van der Waals surface area contributed by atoms with Crippen LogP contribution in [0, 0.1) is 0 Å². The van der Waals surface area contributed by atoms with E-state index in [1.165, 1.54) is 32.6 Å². The third-order valence-corrected chi connectivity index (χ3v) is 3.91. The normalized spacial score (nSPS) is 15.8. The fraction of sp³-hybridized carbons (Fsp3) is 0.412. The fourth-order valence-electron chi connectivity index (χ4n) is 2.46. The molecule has 0 aromatic heterocycles. The molecule has 1 aliphatic rings. The molecule has 1 heterocycles. The van der Waals surface area contributed by atoms with Crippen molar-refractivity contribution in [2.45, 2.75) is 25.8 Å². The summed E-state index contributed by atoms with van der Waals surface area (Å²) in [5.41, 5.74) is 1.87. The molecule has 1 saturated heterocycles. The molecule has 4 amide bonds. The number of rotatable bonds is 7. The molecule has 3 N–H and O–H groups in total. The van der Waals surface area contributed by atoms with E-state index < -0.39 is 17.5 Å². The number of phenolic OH excluding ortho intramolecular Hbond substituents is 1. The lowest BCUT2D eigenvalue weighted by Crippen LogP contribution is -2.40. The minimum Gasteiger partial charge on any atom is -0.502 e. The predicted molar refractivity (Wildman–Crippen MR) is 95.9 cm³/mol. The molecule has 0 saturated carbocycles. The van der Waals surface area contributed by atoms with Crippen LogP contribution in [0.1, 0.15) is 25.8 Å². The molecule has 0 spiro atoms. The number of carbonyl (C=O) groups excluding carboxylic acids is 3. The minimum absolute atomic E-state index is 0.0453. The average Bonchev–Trinajstić information content (AvgIpc) is 2.81. The maximum Gasteiger partial charge on any atom is 0.325 e. The van der Waals surface area contributed by atoms with Crippen LogP contribution in [0.5, 0.6) is 17.2 Å². The number of imide groups is 1. The molecule has 0 bridgehead atoms. The quantitative estimate of drug-likeness (QED) is 0.362. The maximum absolute atomic E-state index is 12.0. The first-order valence-electron chi connectivity index (χ1n) is 8.10. The summed E-state index contributed by atoms with van der Waals surface area (Å²) in [6.07, 6.45) is 1.26. The zero-order valence-electron chi connectivity index (χ0n) is 15.5. The van der Waals surface area contributed by atoms with Crippen molar-refractivity contribution in [1.82, 2.24) is 15.6 Å². The van der Waals surface area contributed by atoms with Gasteiger partial charge in [-0.1, -0.05) is 0 Å². The number of phenols is 1. The Morgan fingerprint density at radius 2 is 1.89 bits per heavy atom. The number of amides is 4. The van der Waals surface area contributed by atoms with E-state index in [0.29, 0.717) is 5.56 Å². The minimum atomic E-state index is -0.970. The number of urea groups is 1. The van der Waals surface area contributed by atoms with Gasteiger partial charge in [-0.2, -0.15) is 5.10 Å². The lowest BCUT2D eigenvalue weighted by molar-refractivity contribution is -0.130. The summed E-state index contributed by atoms with van der Waals surface area (Å²) >= 11 is 0. The maximum atomic E-state index is 12.0. The molecule has 0 unspecified atom stereocenters. The van der Waals surface area contributed by atoms with Crippen LogP contribution in [0.4, 0.5) is 4.79 Å². The van der Waals surface area contributed by atoms with Crippen LogP contribution in [0.15, 0.2) is 17.2 Å². The van der Waals surface area contributed by atoms with Crippen molar-refractivity contribution in [2.24, 2.45) is 5.10 Å². The number of hydrogen-bond donors (Lipinski definition) is 3. The summed E-state index contributed by atoms with van der Waals surface area (Å²) in [5, 5.41) is 16.2. The summed E-state index contributed by atoms with van der Waals surface area (Å²) in [6.45, 7) is 3.14. The lowest BCUT2D eigenvalue weighted by atomic mass is 10.1. The zero-order chi connectivity index (χ0) is 20.2. The highest BCUT2D eigenvalue weighted by molar-refractivity contribution is 6.06. The van der Waals surface area contributed by atoms with Gasteiger partial charge in [-0.05, 0) is 26.0 Å². The van der Waals surface area contributed by atoms with E-state index in [-0.39, 0.29) is 36.1 Å². The van der Waals surface area contributed by atoms with Crippen molar-refractivity contribution in [3.8, 4) is 17.2 Å². The number of ether oxygens (including phenoxy) is 2. The second-order valence-corrected chi connectivity index (χ2v) is 6.33. The highest BCUT2D eigenvalue weighted by Crippen LogP contribution is 2.36. The van der Waals surface area contributed by atoms with E-state index >= 15 is 0 Å². The molecule has 10 heteroatoms. The predicted octanol–water partition coefficient (Wildman–Crippen LogP) is 0.580. The monoisotopic (exact) mass is 378 g/mol. The largest absolute Gasteiger partial charge is 0.502 e. The molecule has 1 fully saturated rings. The second kappa shape index (κ2) is 7.94. The topological polar surface area (TPSA) is 130 Å². The van der Waals surface area contributed by atoms with Crippen molar-refractivity contribution in [3.05, 3.63) is 17.7 Å². The van der Waals surface area contributed by atoms with Gasteiger partial charge >= 0.3 is 6.03 Å². The molecule has 2 rings (SSSR count). The molecule has 0 radical (unpaired) electrons. The summed E-state index contributed by atoms with van der Waals surface area (Å²) in [5.74, 6) is -0.592. The van der Waals surface area contributed by atoms with Gasteiger partial charge in [0.05, 0.1) is 20.4 Å². The Kier molecular flexibility index (Phi) is 5.88. The first-order valence-corrected chi connectivity index (χ1v) is 8.10. The van der Waals surface area contributed by atoms with Crippen LogP contribution in [-0.4, -0.2) is 60.4 Å². The number of benzene rings is 1. The first-order chi connectivity index (χ1) is 12.7.